The maximum atomic E-state index is 14.4. The fourth-order valence-corrected chi connectivity index (χ4v) is 12.4. The average Bonchev–Trinajstić information content (AvgIpc) is 3.23. The molecule has 4 fully saturated rings. The van der Waals surface area contributed by atoms with Crippen molar-refractivity contribution in [3.8, 4) is 0 Å². The summed E-state index contributed by atoms with van der Waals surface area (Å²) in [7, 11) is 0. The Kier molecular flexibility index (Phi) is 7.30. The van der Waals surface area contributed by atoms with Gasteiger partial charge in [-0.15, -0.1) is 0 Å². The zero-order valence-corrected chi connectivity index (χ0v) is 27.9. The van der Waals surface area contributed by atoms with E-state index in [1.54, 1.807) is 0 Å². The average molecular weight is 593 g/mol. The van der Waals surface area contributed by atoms with Crippen molar-refractivity contribution in [1.82, 2.24) is 0 Å². The van der Waals surface area contributed by atoms with Crippen LogP contribution in [0.1, 0.15) is 118 Å². The lowest BCUT2D eigenvalue weighted by Crippen LogP contribution is -2.65. The summed E-state index contributed by atoms with van der Waals surface area (Å²) in [6, 6.07) is 7.84. The Labute approximate surface area is 259 Å². The molecule has 8 atom stereocenters. The van der Waals surface area contributed by atoms with Crippen LogP contribution in [0.5, 0.6) is 0 Å². The minimum absolute atomic E-state index is 0.0565. The predicted octanol–water partition coefficient (Wildman–Crippen LogP) is 9.18. The normalized spacial score (nSPS) is 42.6. The Morgan fingerprint density at radius 1 is 0.952 bits per heavy atom. The molecule has 0 amide bonds. The predicted molar refractivity (Wildman–Crippen MR) is 170 cm³/mol. The van der Waals surface area contributed by atoms with Crippen LogP contribution in [-0.4, -0.2) is 22.8 Å². The van der Waals surface area contributed by atoms with Gasteiger partial charge >= 0.3 is 0 Å². The van der Waals surface area contributed by atoms with Crippen LogP contribution in [0.15, 0.2) is 35.4 Å². The third kappa shape index (κ3) is 4.07. The van der Waals surface area contributed by atoms with E-state index < -0.39 is 5.41 Å². The Hall–Kier alpha value is -1.45. The molecule has 1 aromatic rings. The number of hydrogen-bond acceptors (Lipinski definition) is 3. The molecule has 5 aliphatic rings. The van der Waals surface area contributed by atoms with Crippen LogP contribution in [0.4, 0.5) is 0 Å². The van der Waals surface area contributed by atoms with Gasteiger partial charge in [0.1, 0.15) is 5.78 Å². The molecule has 4 heteroatoms. The molecule has 0 saturated heterocycles. The molecule has 4 saturated carbocycles. The van der Waals surface area contributed by atoms with Gasteiger partial charge in [0, 0.05) is 17.9 Å². The fourth-order valence-electron chi connectivity index (χ4n) is 12.1. The van der Waals surface area contributed by atoms with Crippen LogP contribution in [0.25, 0.3) is 0 Å². The second-order valence-corrected chi connectivity index (χ2v) is 17.1. The molecule has 1 aromatic carbocycles. The standard InChI is InChI=1S/C38H53ClO3/c1-23(2)32-27(40)22-38(31(42)14-11-24-9-8-10-25(39)21-24)20-19-36(6)26(33(32)38)12-13-29-35(5)17-16-30(41)34(3,4)28(35)15-18-37(29,36)7/h8-10,21,23,26,28-30,41H,11-20,22H2,1-7H3/t26-,28+,29-,30+,35+,36-,37-,38+/m1/s1. The molecule has 6 rings (SSSR count). The van der Waals surface area contributed by atoms with Gasteiger partial charge < -0.3 is 5.11 Å². The highest BCUT2D eigenvalue weighted by Crippen LogP contribution is 2.76. The van der Waals surface area contributed by atoms with E-state index in [0.29, 0.717) is 36.1 Å². The molecule has 5 aliphatic carbocycles. The number of fused-ring (bicyclic) bond motifs is 7. The molecule has 0 radical (unpaired) electrons. The van der Waals surface area contributed by atoms with Crippen LogP contribution in [0, 0.1) is 50.7 Å². The number of Topliss-reactive ketones (excluding diaryl/α,β-unsaturated/α-hetero) is 2. The van der Waals surface area contributed by atoms with Gasteiger partial charge in [0.25, 0.3) is 0 Å². The summed E-state index contributed by atoms with van der Waals surface area (Å²) in [6.45, 7) is 16.6. The van der Waals surface area contributed by atoms with E-state index in [0.717, 1.165) is 56.1 Å². The molecule has 3 nitrogen and oxygen atoms in total. The van der Waals surface area contributed by atoms with Crippen molar-refractivity contribution >= 4 is 23.2 Å². The number of hydrogen-bond donors (Lipinski definition) is 1. The lowest BCUT2D eigenvalue weighted by atomic mass is 9.33. The van der Waals surface area contributed by atoms with Crippen LogP contribution >= 0.6 is 11.6 Å². The fraction of sp³-hybridized carbons (Fsp3) is 0.737. The topological polar surface area (TPSA) is 54.4 Å². The van der Waals surface area contributed by atoms with Gasteiger partial charge in [-0.25, -0.2) is 0 Å². The van der Waals surface area contributed by atoms with Crippen LogP contribution in [0.2, 0.25) is 5.02 Å². The van der Waals surface area contributed by atoms with Gasteiger partial charge in [-0.3, -0.25) is 9.59 Å². The Morgan fingerprint density at radius 2 is 1.69 bits per heavy atom. The van der Waals surface area contributed by atoms with E-state index in [9.17, 15) is 14.7 Å². The molecule has 1 N–H and O–H groups in total. The van der Waals surface area contributed by atoms with Crippen LogP contribution in [-0.2, 0) is 16.0 Å². The first kappa shape index (κ1) is 30.6. The summed E-state index contributed by atoms with van der Waals surface area (Å²) in [5, 5.41) is 11.7. The first-order chi connectivity index (χ1) is 19.6. The number of aryl methyl sites for hydroxylation is 1. The number of carbonyl (C=O) groups excluding carboxylic acids is 2. The third-order valence-electron chi connectivity index (χ3n) is 14.5. The van der Waals surface area contributed by atoms with Crippen LogP contribution < -0.4 is 0 Å². The van der Waals surface area contributed by atoms with Gasteiger partial charge in [-0.1, -0.05) is 72.2 Å². The van der Waals surface area contributed by atoms with Crippen LogP contribution in [0.3, 0.4) is 0 Å². The minimum Gasteiger partial charge on any atom is -0.393 e. The van der Waals surface area contributed by atoms with Gasteiger partial charge in [0.05, 0.1) is 11.5 Å². The second kappa shape index (κ2) is 10.0. The van der Waals surface area contributed by atoms with E-state index in [1.165, 1.54) is 12.0 Å². The summed E-state index contributed by atoms with van der Waals surface area (Å²) in [5.41, 5.74) is 3.08. The number of rotatable bonds is 5. The van der Waals surface area contributed by atoms with E-state index in [-0.39, 0.29) is 51.2 Å². The Balaban J connectivity index is 1.38. The largest absolute Gasteiger partial charge is 0.393 e. The van der Waals surface area contributed by atoms with Crippen molar-refractivity contribution < 1.29 is 14.7 Å². The van der Waals surface area contributed by atoms with Crippen molar-refractivity contribution in [2.75, 3.05) is 0 Å². The molecule has 0 unspecified atom stereocenters. The van der Waals surface area contributed by atoms with Gasteiger partial charge in [0.15, 0.2) is 5.78 Å². The second-order valence-electron chi connectivity index (χ2n) is 16.7. The van der Waals surface area contributed by atoms with E-state index in [4.69, 9.17) is 11.6 Å². The van der Waals surface area contributed by atoms with Crippen molar-refractivity contribution in [3.63, 3.8) is 0 Å². The highest BCUT2D eigenvalue weighted by molar-refractivity contribution is 6.30. The molecule has 42 heavy (non-hydrogen) atoms. The maximum absolute atomic E-state index is 14.4. The maximum Gasteiger partial charge on any atom is 0.160 e. The summed E-state index contributed by atoms with van der Waals surface area (Å²) in [4.78, 5) is 28.3. The number of benzene rings is 1. The number of allylic oxidation sites excluding steroid dienone is 2. The lowest BCUT2D eigenvalue weighted by molar-refractivity contribution is -0.228. The molecule has 0 bridgehead atoms. The lowest BCUT2D eigenvalue weighted by Gasteiger charge is -2.72. The molecular weight excluding hydrogens is 540 g/mol. The Bertz CT molecular complexity index is 1330. The monoisotopic (exact) mass is 592 g/mol. The van der Waals surface area contributed by atoms with E-state index in [2.05, 4.69) is 54.5 Å². The summed E-state index contributed by atoms with van der Waals surface area (Å²) in [6.07, 6.45) is 9.68. The number of halogens is 1. The number of ketones is 2. The van der Waals surface area contributed by atoms with Gasteiger partial charge in [-0.2, -0.15) is 0 Å². The first-order valence-electron chi connectivity index (χ1n) is 16.9. The van der Waals surface area contributed by atoms with Crippen molar-refractivity contribution in [2.24, 2.45) is 50.7 Å². The first-order valence-corrected chi connectivity index (χ1v) is 17.2. The zero-order chi connectivity index (χ0) is 30.5. The molecular formula is C38H53ClO3. The molecule has 0 aromatic heterocycles. The molecule has 0 heterocycles. The quantitative estimate of drug-likeness (QED) is 0.371. The number of aliphatic hydroxyl groups excluding tert-OH is 1. The van der Waals surface area contributed by atoms with Crippen molar-refractivity contribution in [2.45, 2.75) is 125 Å². The number of aliphatic hydroxyl groups is 1. The van der Waals surface area contributed by atoms with Gasteiger partial charge in [0.2, 0.25) is 0 Å². The van der Waals surface area contributed by atoms with E-state index >= 15 is 0 Å². The van der Waals surface area contributed by atoms with Crippen molar-refractivity contribution in [1.29, 1.82) is 0 Å². The summed E-state index contributed by atoms with van der Waals surface area (Å²) >= 11 is 6.26. The third-order valence-corrected chi connectivity index (χ3v) is 14.7. The molecule has 230 valence electrons. The van der Waals surface area contributed by atoms with Gasteiger partial charge in [-0.05, 0) is 132 Å². The molecule has 0 aliphatic heterocycles. The highest BCUT2D eigenvalue weighted by Gasteiger charge is 2.70. The van der Waals surface area contributed by atoms with E-state index in [1.807, 2.05) is 18.2 Å². The zero-order valence-electron chi connectivity index (χ0n) is 27.1. The number of carbonyl (C=O) groups is 2. The summed E-state index contributed by atoms with van der Waals surface area (Å²) in [5.74, 6) is 2.05. The minimum atomic E-state index is -0.624. The SMILES string of the molecule is CC(C)C1=C2[C@H]3CC[C@@H]4[C@@]5(C)CC[C@H](O)C(C)(C)[C@@H]5CC[C@@]4(C)[C@]3(C)CC[C@@]2(C(=O)CCc2cccc(Cl)c2)CC1=O. The smallest absolute Gasteiger partial charge is 0.160 e. The molecule has 0 spiro atoms. The highest BCUT2D eigenvalue weighted by atomic mass is 35.5. The van der Waals surface area contributed by atoms with Crippen molar-refractivity contribution in [3.05, 3.63) is 46.0 Å². The summed E-state index contributed by atoms with van der Waals surface area (Å²) < 4.78 is 0. The Morgan fingerprint density at radius 3 is 2.38 bits per heavy atom.